The Kier molecular flexibility index (Phi) is 7.57. The number of nitrogens with zero attached hydrogens (tertiary/aromatic N) is 2. The number of sulfonamides is 1. The van der Waals surface area contributed by atoms with Crippen molar-refractivity contribution < 1.29 is 13.2 Å². The SMILES string of the molecule is C=CC[C@@]1(C)C[C@H](C)[C@@H](c2ccc(Cl)cc2)N([C@@H](CC)CN(C)S(C)(=O)=O)C1=O. The minimum absolute atomic E-state index is 0.0594. The summed E-state index contributed by atoms with van der Waals surface area (Å²) in [6.07, 6.45) is 5.00. The van der Waals surface area contributed by atoms with Gasteiger partial charge in [-0.25, -0.2) is 12.7 Å². The molecule has 0 unspecified atom stereocenters. The summed E-state index contributed by atoms with van der Waals surface area (Å²) in [7, 11) is -1.78. The van der Waals surface area contributed by atoms with E-state index in [2.05, 4.69) is 13.5 Å². The zero-order valence-electron chi connectivity index (χ0n) is 18.1. The van der Waals surface area contributed by atoms with Gasteiger partial charge in [-0.1, -0.05) is 50.6 Å². The summed E-state index contributed by atoms with van der Waals surface area (Å²) in [5, 5.41) is 0.649. The first-order valence-corrected chi connectivity index (χ1v) is 12.3. The molecule has 1 heterocycles. The van der Waals surface area contributed by atoms with Crippen LogP contribution in [0, 0.1) is 11.3 Å². The lowest BCUT2D eigenvalue weighted by Gasteiger charge is -2.51. The lowest BCUT2D eigenvalue weighted by Crippen LogP contribution is -2.57. The number of hydrogen-bond donors (Lipinski definition) is 0. The van der Waals surface area contributed by atoms with Gasteiger partial charge >= 0.3 is 0 Å². The third-order valence-electron chi connectivity index (χ3n) is 6.07. The molecule has 0 saturated carbocycles. The van der Waals surface area contributed by atoms with Gasteiger partial charge in [0.1, 0.15) is 0 Å². The zero-order valence-corrected chi connectivity index (χ0v) is 19.6. The Balaban J connectivity index is 2.53. The second kappa shape index (κ2) is 9.19. The molecule has 5 nitrogen and oxygen atoms in total. The Morgan fingerprint density at radius 3 is 2.45 bits per heavy atom. The molecule has 162 valence electrons. The average Bonchev–Trinajstić information content (AvgIpc) is 2.63. The fourth-order valence-electron chi connectivity index (χ4n) is 4.50. The molecule has 4 atom stereocenters. The maximum Gasteiger partial charge on any atom is 0.229 e. The largest absolute Gasteiger partial charge is 0.331 e. The summed E-state index contributed by atoms with van der Waals surface area (Å²) in [5.41, 5.74) is 0.484. The molecule has 7 heteroatoms. The van der Waals surface area contributed by atoms with Crippen molar-refractivity contribution in [1.82, 2.24) is 9.21 Å². The Morgan fingerprint density at radius 2 is 1.97 bits per heavy atom. The van der Waals surface area contributed by atoms with Crippen molar-refractivity contribution in [3.63, 3.8) is 0 Å². The summed E-state index contributed by atoms with van der Waals surface area (Å²) < 4.78 is 25.4. The van der Waals surface area contributed by atoms with Crippen LogP contribution in [0.25, 0.3) is 0 Å². The number of likely N-dealkylation sites (tertiary alicyclic amines) is 1. The van der Waals surface area contributed by atoms with E-state index in [1.807, 2.05) is 43.0 Å². The summed E-state index contributed by atoms with van der Waals surface area (Å²) in [6, 6.07) is 7.26. The molecule has 0 aliphatic carbocycles. The molecule has 0 aromatic heterocycles. The van der Waals surface area contributed by atoms with Crippen molar-refractivity contribution in [1.29, 1.82) is 0 Å². The third kappa shape index (κ3) is 5.22. The van der Waals surface area contributed by atoms with Crippen LogP contribution in [0.1, 0.15) is 51.6 Å². The van der Waals surface area contributed by atoms with Crippen LogP contribution in [-0.2, 0) is 14.8 Å². The fraction of sp³-hybridized carbons (Fsp3) is 0.591. The monoisotopic (exact) mass is 440 g/mol. The molecule has 1 amide bonds. The Morgan fingerprint density at radius 1 is 1.38 bits per heavy atom. The van der Waals surface area contributed by atoms with Crippen LogP contribution in [0.5, 0.6) is 0 Å². The highest BCUT2D eigenvalue weighted by Crippen LogP contribution is 2.47. The van der Waals surface area contributed by atoms with E-state index in [9.17, 15) is 13.2 Å². The van der Waals surface area contributed by atoms with Crippen molar-refractivity contribution >= 4 is 27.5 Å². The molecule has 0 bridgehead atoms. The Hall–Kier alpha value is -1.37. The number of hydrogen-bond acceptors (Lipinski definition) is 3. The quantitative estimate of drug-likeness (QED) is 0.559. The molecule has 0 N–H and O–H groups in total. The molecule has 1 aliphatic rings. The third-order valence-corrected chi connectivity index (χ3v) is 7.60. The van der Waals surface area contributed by atoms with Gasteiger partial charge < -0.3 is 4.90 Å². The topological polar surface area (TPSA) is 57.7 Å². The van der Waals surface area contributed by atoms with E-state index in [0.29, 0.717) is 17.9 Å². The van der Waals surface area contributed by atoms with Gasteiger partial charge in [0.05, 0.1) is 17.7 Å². The molecular weight excluding hydrogens is 408 g/mol. The van der Waals surface area contributed by atoms with Crippen LogP contribution < -0.4 is 0 Å². The molecule has 0 radical (unpaired) electrons. The molecule has 1 aromatic rings. The lowest BCUT2D eigenvalue weighted by atomic mass is 9.69. The van der Waals surface area contributed by atoms with Gasteiger partial charge in [-0.2, -0.15) is 0 Å². The number of carbonyl (C=O) groups excluding carboxylic acids is 1. The zero-order chi connectivity index (χ0) is 22.0. The van der Waals surface area contributed by atoms with Crippen LogP contribution in [-0.4, -0.2) is 49.4 Å². The van der Waals surface area contributed by atoms with E-state index >= 15 is 0 Å². The van der Waals surface area contributed by atoms with Crippen LogP contribution in [0.15, 0.2) is 36.9 Å². The van der Waals surface area contributed by atoms with Crippen molar-refractivity contribution in [2.45, 2.75) is 52.1 Å². The number of rotatable bonds is 8. The minimum atomic E-state index is -3.34. The smallest absolute Gasteiger partial charge is 0.229 e. The highest BCUT2D eigenvalue weighted by Gasteiger charge is 2.49. The maximum absolute atomic E-state index is 13.7. The number of piperidine rings is 1. The van der Waals surface area contributed by atoms with Crippen molar-refractivity contribution in [3.05, 3.63) is 47.5 Å². The number of benzene rings is 1. The lowest BCUT2D eigenvalue weighted by molar-refractivity contribution is -0.157. The van der Waals surface area contributed by atoms with E-state index in [1.165, 1.54) is 10.6 Å². The summed E-state index contributed by atoms with van der Waals surface area (Å²) in [4.78, 5) is 15.7. The Bertz CT molecular complexity index is 840. The van der Waals surface area contributed by atoms with Gasteiger partial charge in [-0.15, -0.1) is 6.58 Å². The molecule has 29 heavy (non-hydrogen) atoms. The maximum atomic E-state index is 13.7. The van der Waals surface area contributed by atoms with Gasteiger partial charge in [0.15, 0.2) is 0 Å². The second-order valence-electron chi connectivity index (χ2n) is 8.55. The van der Waals surface area contributed by atoms with E-state index < -0.39 is 15.4 Å². The molecule has 1 aliphatic heterocycles. The van der Waals surface area contributed by atoms with E-state index in [-0.39, 0.29) is 30.5 Å². The minimum Gasteiger partial charge on any atom is -0.331 e. The predicted molar refractivity (Wildman–Crippen MR) is 119 cm³/mol. The van der Waals surface area contributed by atoms with Gasteiger partial charge in [0, 0.05) is 24.7 Å². The van der Waals surface area contributed by atoms with Crippen LogP contribution in [0.3, 0.4) is 0 Å². The summed E-state index contributed by atoms with van der Waals surface area (Å²) in [6.45, 7) is 10.3. The van der Waals surface area contributed by atoms with Crippen molar-refractivity contribution in [2.24, 2.45) is 11.3 Å². The first-order chi connectivity index (χ1) is 13.4. The average molecular weight is 441 g/mol. The highest BCUT2D eigenvalue weighted by atomic mass is 35.5. The molecule has 2 rings (SSSR count). The van der Waals surface area contributed by atoms with Crippen molar-refractivity contribution in [3.8, 4) is 0 Å². The molecule has 1 fully saturated rings. The van der Waals surface area contributed by atoms with E-state index in [0.717, 1.165) is 12.0 Å². The van der Waals surface area contributed by atoms with E-state index in [1.54, 1.807) is 13.1 Å². The second-order valence-corrected chi connectivity index (χ2v) is 11.1. The first kappa shape index (κ1) is 23.9. The van der Waals surface area contributed by atoms with Gasteiger partial charge in [0.25, 0.3) is 0 Å². The first-order valence-electron chi connectivity index (χ1n) is 10.0. The summed E-state index contributed by atoms with van der Waals surface area (Å²) >= 11 is 6.08. The highest BCUT2D eigenvalue weighted by molar-refractivity contribution is 7.88. The van der Waals surface area contributed by atoms with Gasteiger partial charge in [0.2, 0.25) is 15.9 Å². The van der Waals surface area contributed by atoms with Crippen LogP contribution in [0.2, 0.25) is 5.02 Å². The number of carbonyl (C=O) groups is 1. The Labute approximate surface area is 180 Å². The number of allylic oxidation sites excluding steroid dienone is 1. The van der Waals surface area contributed by atoms with Gasteiger partial charge in [-0.05, 0) is 42.9 Å². The number of amides is 1. The molecule has 1 aromatic carbocycles. The van der Waals surface area contributed by atoms with Crippen LogP contribution in [0.4, 0.5) is 0 Å². The molecule has 0 spiro atoms. The summed E-state index contributed by atoms with van der Waals surface area (Å²) in [5.74, 6) is 0.264. The fourth-order valence-corrected chi connectivity index (χ4v) is 5.07. The normalized spacial score (nSPS) is 26.6. The van der Waals surface area contributed by atoms with E-state index in [4.69, 9.17) is 11.6 Å². The van der Waals surface area contributed by atoms with Gasteiger partial charge in [-0.3, -0.25) is 4.79 Å². The standard InChI is InChI=1S/C22H33ClN2O3S/c1-7-13-22(4)14-16(3)20(17-9-11-18(23)12-10-17)25(21(22)26)19(8-2)15-24(5)29(6,27)28/h7,9-12,16,19-20H,1,8,13-15H2,2-6H3/t16-,19-,20-,22-/m0/s1. The van der Waals surface area contributed by atoms with Crippen LogP contribution >= 0.6 is 11.6 Å². The molecule has 1 saturated heterocycles. The number of likely N-dealkylation sites (N-methyl/N-ethyl adjacent to an activating group) is 1. The predicted octanol–water partition coefficient (Wildman–Crippen LogP) is 4.50. The molecular formula is C22H33ClN2O3S. The van der Waals surface area contributed by atoms with Crippen molar-refractivity contribution in [2.75, 3.05) is 19.8 Å². The number of halogens is 1.